The van der Waals surface area contributed by atoms with Gasteiger partial charge >= 0.3 is 0 Å². The molecule has 0 spiro atoms. The molecule has 1 aliphatic heterocycles. The van der Waals surface area contributed by atoms with Gasteiger partial charge < -0.3 is 10.1 Å². The standard InChI is InChI=1S/C21H27BIN3O4S/c1-13-6-8-14(9-7-13)18-17(20(27)24-2)15-12-16(23)19(25-21(15)30-18)26(31(3,28)29)11-5-4-10-22/h6-9,12,17-18H,4-5,10-11,22H2,1-3H3,(H,24,27). The van der Waals surface area contributed by atoms with E-state index in [1.54, 1.807) is 7.05 Å². The van der Waals surface area contributed by atoms with E-state index in [2.05, 4.69) is 40.7 Å². The number of pyridine rings is 1. The number of aryl methyl sites for hydroxylation is 1. The Morgan fingerprint density at radius 3 is 2.55 bits per heavy atom. The number of ether oxygens (including phenoxy) is 1. The SMILES string of the molecule is BCCCCN(c1nc2c(cc1I)C(C(=O)NC)C(c1ccc(C)cc1)O2)S(C)(=O)=O. The highest BCUT2D eigenvalue weighted by Crippen LogP contribution is 2.47. The molecule has 0 saturated heterocycles. The molecule has 166 valence electrons. The molecule has 3 rings (SSSR count). The molecule has 2 aromatic rings. The molecule has 1 aromatic carbocycles. The number of likely N-dealkylation sites (N-methyl/N-ethyl adjacent to an activating group) is 1. The van der Waals surface area contributed by atoms with Crippen molar-refractivity contribution in [1.82, 2.24) is 10.3 Å². The largest absolute Gasteiger partial charge is 0.468 e. The average Bonchev–Trinajstić information content (AvgIpc) is 3.08. The molecule has 0 fully saturated rings. The lowest BCUT2D eigenvalue weighted by Gasteiger charge is -2.23. The molecule has 1 N–H and O–H groups in total. The second-order valence-corrected chi connectivity index (χ2v) is 10.8. The van der Waals surface area contributed by atoms with Crippen LogP contribution in [0.25, 0.3) is 0 Å². The van der Waals surface area contributed by atoms with Crippen LogP contribution in [0.5, 0.6) is 5.88 Å². The summed E-state index contributed by atoms with van der Waals surface area (Å²) in [6.45, 7) is 2.35. The van der Waals surface area contributed by atoms with Crippen LogP contribution in [-0.2, 0) is 14.8 Å². The summed E-state index contributed by atoms with van der Waals surface area (Å²) >= 11 is 2.09. The first-order valence-electron chi connectivity index (χ1n) is 10.3. The van der Waals surface area contributed by atoms with Gasteiger partial charge in [-0.25, -0.2) is 8.42 Å². The van der Waals surface area contributed by atoms with Gasteiger partial charge in [0, 0.05) is 19.2 Å². The van der Waals surface area contributed by atoms with Gasteiger partial charge in [0.1, 0.15) is 19.9 Å². The Labute approximate surface area is 198 Å². The van der Waals surface area contributed by atoms with Gasteiger partial charge in [-0.3, -0.25) is 9.10 Å². The van der Waals surface area contributed by atoms with Crippen molar-refractivity contribution in [1.29, 1.82) is 0 Å². The lowest BCUT2D eigenvalue weighted by atomic mass is 9.90. The fourth-order valence-corrected chi connectivity index (χ4v) is 5.53. The van der Waals surface area contributed by atoms with Crippen molar-refractivity contribution < 1.29 is 17.9 Å². The number of fused-ring (bicyclic) bond motifs is 1. The zero-order valence-corrected chi connectivity index (χ0v) is 21.2. The third-order valence-corrected chi connectivity index (χ3v) is 7.31. The third-order valence-electron chi connectivity index (χ3n) is 5.36. The van der Waals surface area contributed by atoms with Crippen LogP contribution in [-0.4, -0.2) is 47.0 Å². The van der Waals surface area contributed by atoms with Crippen LogP contribution in [0, 0.1) is 10.5 Å². The van der Waals surface area contributed by atoms with Gasteiger partial charge in [-0.05, 0) is 47.6 Å². The Bertz CT molecular complexity index is 1060. The highest BCUT2D eigenvalue weighted by molar-refractivity contribution is 14.1. The Morgan fingerprint density at radius 2 is 1.97 bits per heavy atom. The molecular weight excluding hydrogens is 528 g/mol. The number of amides is 1. The van der Waals surface area contributed by atoms with Crippen molar-refractivity contribution in [2.24, 2.45) is 0 Å². The summed E-state index contributed by atoms with van der Waals surface area (Å²) in [7, 11) is 0.153. The predicted molar refractivity (Wildman–Crippen MR) is 133 cm³/mol. The van der Waals surface area contributed by atoms with Crippen molar-refractivity contribution in [3.63, 3.8) is 0 Å². The Balaban J connectivity index is 2.05. The summed E-state index contributed by atoms with van der Waals surface area (Å²) in [5.41, 5.74) is 2.65. The molecule has 2 atom stereocenters. The molecule has 1 aromatic heterocycles. The van der Waals surface area contributed by atoms with Crippen LogP contribution in [0.15, 0.2) is 30.3 Å². The number of anilines is 1. The molecule has 2 heterocycles. The van der Waals surface area contributed by atoms with Crippen molar-refractivity contribution in [3.8, 4) is 5.88 Å². The molecule has 10 heteroatoms. The van der Waals surface area contributed by atoms with Crippen molar-refractivity contribution in [2.75, 3.05) is 24.2 Å². The summed E-state index contributed by atoms with van der Waals surface area (Å²) in [5, 5.41) is 2.72. The first-order chi connectivity index (χ1) is 14.7. The smallest absolute Gasteiger partial charge is 0.233 e. The van der Waals surface area contributed by atoms with Gasteiger partial charge in [-0.1, -0.05) is 42.6 Å². The minimum Gasteiger partial charge on any atom is -0.468 e. The number of nitrogens with zero attached hydrogens (tertiary/aromatic N) is 2. The number of aromatic nitrogens is 1. The number of hydrogen-bond acceptors (Lipinski definition) is 5. The van der Waals surface area contributed by atoms with Crippen LogP contribution in [0.2, 0.25) is 6.32 Å². The van der Waals surface area contributed by atoms with E-state index in [0.717, 1.165) is 30.3 Å². The molecule has 31 heavy (non-hydrogen) atoms. The fourth-order valence-electron chi connectivity index (χ4n) is 3.71. The summed E-state index contributed by atoms with van der Waals surface area (Å²) < 4.78 is 33.1. The number of benzene rings is 1. The minimum atomic E-state index is -3.51. The molecule has 0 bridgehead atoms. The van der Waals surface area contributed by atoms with Crippen molar-refractivity contribution in [2.45, 2.75) is 38.1 Å². The molecule has 0 saturated carbocycles. The van der Waals surface area contributed by atoms with E-state index in [4.69, 9.17) is 4.74 Å². The molecule has 0 radical (unpaired) electrons. The number of carbonyl (C=O) groups is 1. The minimum absolute atomic E-state index is 0.169. The molecule has 7 nitrogen and oxygen atoms in total. The maximum Gasteiger partial charge on any atom is 0.233 e. The normalized spacial score (nSPS) is 17.7. The molecule has 1 aliphatic rings. The summed E-state index contributed by atoms with van der Waals surface area (Å²) in [6, 6.07) is 9.67. The summed E-state index contributed by atoms with van der Waals surface area (Å²) in [4.78, 5) is 17.4. The van der Waals surface area contributed by atoms with E-state index in [1.807, 2.05) is 37.3 Å². The topological polar surface area (TPSA) is 88.6 Å². The van der Waals surface area contributed by atoms with Gasteiger partial charge in [-0.15, -0.1) is 0 Å². The van der Waals surface area contributed by atoms with Crippen molar-refractivity contribution >= 4 is 52.2 Å². The molecule has 2 unspecified atom stereocenters. The van der Waals surface area contributed by atoms with Crippen LogP contribution >= 0.6 is 22.6 Å². The number of nitrogens with one attached hydrogen (secondary N) is 1. The van der Waals surface area contributed by atoms with E-state index in [0.29, 0.717) is 27.4 Å². The lowest BCUT2D eigenvalue weighted by molar-refractivity contribution is -0.123. The van der Waals surface area contributed by atoms with Crippen LogP contribution in [0.1, 0.15) is 41.6 Å². The first-order valence-corrected chi connectivity index (χ1v) is 13.2. The Kier molecular flexibility index (Phi) is 7.51. The van der Waals surface area contributed by atoms with E-state index < -0.39 is 22.0 Å². The average molecular weight is 555 g/mol. The second-order valence-electron chi connectivity index (χ2n) is 7.77. The second kappa shape index (κ2) is 9.77. The van der Waals surface area contributed by atoms with Gasteiger partial charge in [0.15, 0.2) is 5.82 Å². The highest BCUT2D eigenvalue weighted by Gasteiger charge is 2.42. The predicted octanol–water partition coefficient (Wildman–Crippen LogP) is 2.56. The number of sulfonamides is 1. The quantitative estimate of drug-likeness (QED) is 0.308. The number of halogens is 1. The number of hydrogen-bond donors (Lipinski definition) is 1. The zero-order chi connectivity index (χ0) is 22.8. The van der Waals surface area contributed by atoms with E-state index >= 15 is 0 Å². The first kappa shape index (κ1) is 23.8. The van der Waals surface area contributed by atoms with E-state index in [-0.39, 0.29) is 5.91 Å². The Morgan fingerprint density at radius 1 is 1.29 bits per heavy atom. The van der Waals surface area contributed by atoms with Crippen molar-refractivity contribution in [3.05, 3.63) is 50.6 Å². The highest BCUT2D eigenvalue weighted by atomic mass is 127. The molecule has 0 aliphatic carbocycles. The fraction of sp³-hybridized carbons (Fsp3) is 0.429. The number of unbranched alkanes of at least 4 members (excludes halogenated alkanes) is 1. The monoisotopic (exact) mass is 555 g/mol. The molecular formula is C21H27BIN3O4S. The summed E-state index contributed by atoms with van der Waals surface area (Å²) in [6.07, 6.45) is 3.32. The Hall–Kier alpha value is -1.82. The van der Waals surface area contributed by atoms with E-state index in [1.165, 1.54) is 10.6 Å². The van der Waals surface area contributed by atoms with Gasteiger partial charge in [0.05, 0.1) is 9.83 Å². The van der Waals surface area contributed by atoms with Crippen LogP contribution < -0.4 is 14.4 Å². The lowest BCUT2D eigenvalue weighted by Crippen LogP contribution is -2.32. The third kappa shape index (κ3) is 5.16. The van der Waals surface area contributed by atoms with Gasteiger partial charge in [0.25, 0.3) is 0 Å². The molecule has 1 amide bonds. The van der Waals surface area contributed by atoms with Crippen LogP contribution in [0.3, 0.4) is 0 Å². The van der Waals surface area contributed by atoms with Gasteiger partial charge in [0.2, 0.25) is 21.8 Å². The number of carbonyl (C=O) groups excluding carboxylic acids is 1. The number of rotatable bonds is 8. The summed E-state index contributed by atoms with van der Waals surface area (Å²) in [5.74, 6) is -0.0842. The maximum absolute atomic E-state index is 12.8. The van der Waals surface area contributed by atoms with Gasteiger partial charge in [-0.2, -0.15) is 4.98 Å². The van der Waals surface area contributed by atoms with E-state index in [9.17, 15) is 13.2 Å². The zero-order valence-electron chi connectivity index (χ0n) is 18.2. The van der Waals surface area contributed by atoms with Crippen LogP contribution in [0.4, 0.5) is 5.82 Å². The maximum atomic E-state index is 12.8.